The van der Waals surface area contributed by atoms with E-state index in [9.17, 15) is 8.42 Å². The molecule has 0 amide bonds. The van der Waals surface area contributed by atoms with Crippen LogP contribution < -0.4 is 5.32 Å². The molecule has 3 aromatic rings. The Morgan fingerprint density at radius 1 is 1.30 bits per heavy atom. The van der Waals surface area contributed by atoms with Gasteiger partial charge in [0.1, 0.15) is 5.82 Å². The molecule has 2 heterocycles. The highest BCUT2D eigenvalue weighted by atomic mass is 32.2. The average Bonchev–Trinajstić information content (AvgIpc) is 3.02. The number of hydrogen-bond acceptors (Lipinski definition) is 7. The van der Waals surface area contributed by atoms with Crippen molar-refractivity contribution < 1.29 is 8.42 Å². The fourth-order valence-electron chi connectivity index (χ4n) is 1.68. The van der Waals surface area contributed by atoms with E-state index in [1.807, 2.05) is 24.3 Å². The van der Waals surface area contributed by atoms with Crippen molar-refractivity contribution >= 4 is 37.3 Å². The van der Waals surface area contributed by atoms with Crippen LogP contribution in [0.5, 0.6) is 0 Å². The first-order valence-corrected chi connectivity index (χ1v) is 8.44. The van der Waals surface area contributed by atoms with Crippen molar-refractivity contribution in [2.45, 2.75) is 10.9 Å². The number of H-pyrrole nitrogens is 1. The number of sulfone groups is 1. The normalized spacial score (nSPS) is 11.8. The number of aromatic nitrogens is 4. The van der Waals surface area contributed by atoms with E-state index < -0.39 is 9.84 Å². The molecule has 0 aliphatic rings. The second kappa shape index (κ2) is 4.84. The van der Waals surface area contributed by atoms with E-state index in [2.05, 4.69) is 25.5 Å². The molecule has 0 radical (unpaired) electrons. The summed E-state index contributed by atoms with van der Waals surface area (Å²) >= 11 is 1.00. The van der Waals surface area contributed by atoms with Crippen molar-refractivity contribution in [1.29, 1.82) is 0 Å². The van der Waals surface area contributed by atoms with Crippen LogP contribution in [0.15, 0.2) is 28.6 Å². The van der Waals surface area contributed by atoms with Crippen LogP contribution in [0.1, 0.15) is 5.82 Å². The fraction of sp³-hybridized carbons (Fsp3) is 0.182. The number of rotatable bonds is 4. The summed E-state index contributed by atoms with van der Waals surface area (Å²) in [6, 6.07) is 7.71. The number of anilines is 1. The predicted octanol–water partition coefficient (Wildman–Crippen LogP) is 1.43. The Labute approximate surface area is 119 Å². The van der Waals surface area contributed by atoms with E-state index in [1.54, 1.807) is 0 Å². The van der Waals surface area contributed by atoms with Gasteiger partial charge < -0.3 is 10.3 Å². The van der Waals surface area contributed by atoms with E-state index in [0.29, 0.717) is 11.7 Å². The standard InChI is InChI=1S/C11H11N5O2S2/c1-20(17,18)11-16-15-10(19-11)12-6-9-13-7-4-2-3-5-8(7)14-9/h2-5H,6H2,1H3,(H,12,15)(H,13,14). The van der Waals surface area contributed by atoms with Crippen molar-refractivity contribution in [3.63, 3.8) is 0 Å². The Bertz CT molecular complexity index is 819. The monoisotopic (exact) mass is 309 g/mol. The van der Waals surface area contributed by atoms with Gasteiger partial charge in [-0.25, -0.2) is 13.4 Å². The van der Waals surface area contributed by atoms with Gasteiger partial charge in [-0.15, -0.1) is 10.2 Å². The van der Waals surface area contributed by atoms with Gasteiger partial charge in [0.15, 0.2) is 0 Å². The molecule has 0 spiro atoms. The maximum Gasteiger partial charge on any atom is 0.234 e. The summed E-state index contributed by atoms with van der Waals surface area (Å²) in [5, 5.41) is 10.9. The molecule has 104 valence electrons. The number of aromatic amines is 1. The largest absolute Gasteiger partial charge is 0.353 e. The predicted molar refractivity (Wildman–Crippen MR) is 76.4 cm³/mol. The zero-order chi connectivity index (χ0) is 14.2. The summed E-state index contributed by atoms with van der Waals surface area (Å²) in [7, 11) is -3.30. The summed E-state index contributed by atoms with van der Waals surface area (Å²) in [6.45, 7) is 0.424. The quantitative estimate of drug-likeness (QED) is 0.756. The number of hydrogen-bond donors (Lipinski definition) is 2. The molecular formula is C11H11N5O2S2. The summed E-state index contributed by atoms with van der Waals surface area (Å²) in [6.07, 6.45) is 1.11. The summed E-state index contributed by atoms with van der Waals surface area (Å²) in [5.41, 5.74) is 1.84. The summed E-state index contributed by atoms with van der Waals surface area (Å²) in [4.78, 5) is 7.57. The lowest BCUT2D eigenvalue weighted by atomic mass is 10.3. The van der Waals surface area contributed by atoms with Crippen LogP contribution in [0.25, 0.3) is 11.0 Å². The molecule has 7 nitrogen and oxygen atoms in total. The van der Waals surface area contributed by atoms with Crippen LogP contribution in [-0.4, -0.2) is 34.8 Å². The molecule has 0 fully saturated rings. The van der Waals surface area contributed by atoms with Crippen LogP contribution in [0.2, 0.25) is 0 Å². The van der Waals surface area contributed by atoms with E-state index in [1.165, 1.54) is 0 Å². The third-order valence-electron chi connectivity index (χ3n) is 2.57. The molecule has 1 aromatic carbocycles. The molecule has 0 aliphatic carbocycles. The Kier molecular flexibility index (Phi) is 3.14. The second-order valence-corrected chi connectivity index (χ2v) is 7.37. The van der Waals surface area contributed by atoms with Gasteiger partial charge in [0.25, 0.3) is 0 Å². The highest BCUT2D eigenvalue weighted by Gasteiger charge is 2.14. The van der Waals surface area contributed by atoms with Gasteiger partial charge in [0.2, 0.25) is 19.3 Å². The van der Waals surface area contributed by atoms with Crippen molar-refractivity contribution in [3.8, 4) is 0 Å². The lowest BCUT2D eigenvalue weighted by Crippen LogP contribution is -2.00. The Balaban J connectivity index is 1.74. The second-order valence-electron chi connectivity index (χ2n) is 4.20. The molecule has 20 heavy (non-hydrogen) atoms. The molecule has 0 aliphatic heterocycles. The Morgan fingerprint density at radius 2 is 2.10 bits per heavy atom. The number of benzene rings is 1. The minimum absolute atomic E-state index is 0.00426. The van der Waals surface area contributed by atoms with Gasteiger partial charge in [-0.05, 0) is 12.1 Å². The molecule has 2 aromatic heterocycles. The molecule has 9 heteroatoms. The SMILES string of the molecule is CS(=O)(=O)c1nnc(NCc2nc3ccccc3[nH]2)s1. The van der Waals surface area contributed by atoms with E-state index in [4.69, 9.17) is 0 Å². The lowest BCUT2D eigenvalue weighted by molar-refractivity contribution is 0.600. The van der Waals surface area contributed by atoms with Crippen LogP contribution in [-0.2, 0) is 16.4 Å². The lowest BCUT2D eigenvalue weighted by Gasteiger charge is -1.96. The minimum Gasteiger partial charge on any atom is -0.353 e. The van der Waals surface area contributed by atoms with Crippen LogP contribution >= 0.6 is 11.3 Å². The van der Waals surface area contributed by atoms with E-state index in [0.717, 1.165) is 34.5 Å². The Morgan fingerprint density at radius 3 is 2.80 bits per heavy atom. The number of imidazole rings is 1. The minimum atomic E-state index is -3.30. The zero-order valence-corrected chi connectivity index (χ0v) is 12.1. The molecule has 0 unspecified atom stereocenters. The fourth-order valence-corrected chi connectivity index (χ4v) is 3.18. The van der Waals surface area contributed by atoms with Crippen LogP contribution in [0.4, 0.5) is 5.13 Å². The highest BCUT2D eigenvalue weighted by molar-refractivity contribution is 7.92. The van der Waals surface area contributed by atoms with Gasteiger partial charge in [0.05, 0.1) is 17.6 Å². The highest BCUT2D eigenvalue weighted by Crippen LogP contribution is 2.20. The zero-order valence-electron chi connectivity index (χ0n) is 10.5. The van der Waals surface area contributed by atoms with Crippen LogP contribution in [0, 0.1) is 0 Å². The maximum absolute atomic E-state index is 11.3. The molecule has 0 saturated carbocycles. The topological polar surface area (TPSA) is 101 Å². The molecule has 0 saturated heterocycles. The van der Waals surface area contributed by atoms with E-state index in [-0.39, 0.29) is 4.34 Å². The summed E-state index contributed by atoms with van der Waals surface area (Å²) < 4.78 is 22.6. The third-order valence-corrected chi connectivity index (χ3v) is 5.12. The molecule has 0 atom stereocenters. The smallest absolute Gasteiger partial charge is 0.234 e. The maximum atomic E-state index is 11.3. The van der Waals surface area contributed by atoms with Crippen molar-refractivity contribution in [3.05, 3.63) is 30.1 Å². The molecular weight excluding hydrogens is 298 g/mol. The number of para-hydroxylation sites is 2. The molecule has 0 bridgehead atoms. The van der Waals surface area contributed by atoms with E-state index >= 15 is 0 Å². The van der Waals surface area contributed by atoms with Crippen molar-refractivity contribution in [2.75, 3.05) is 11.6 Å². The first kappa shape index (κ1) is 13.0. The molecule has 3 rings (SSSR count). The van der Waals surface area contributed by atoms with Gasteiger partial charge in [0, 0.05) is 6.26 Å². The molecule has 2 N–H and O–H groups in total. The van der Waals surface area contributed by atoms with Crippen molar-refractivity contribution in [2.24, 2.45) is 0 Å². The number of fused-ring (bicyclic) bond motifs is 1. The number of nitrogens with zero attached hydrogens (tertiary/aromatic N) is 3. The number of nitrogens with one attached hydrogen (secondary N) is 2. The van der Waals surface area contributed by atoms with Gasteiger partial charge in [-0.3, -0.25) is 0 Å². The third kappa shape index (κ3) is 2.63. The van der Waals surface area contributed by atoms with Gasteiger partial charge in [-0.2, -0.15) is 0 Å². The average molecular weight is 309 g/mol. The first-order valence-electron chi connectivity index (χ1n) is 5.73. The van der Waals surface area contributed by atoms with Gasteiger partial charge >= 0.3 is 0 Å². The summed E-state index contributed by atoms with van der Waals surface area (Å²) in [5.74, 6) is 0.752. The van der Waals surface area contributed by atoms with Gasteiger partial charge in [-0.1, -0.05) is 23.5 Å². The van der Waals surface area contributed by atoms with Crippen molar-refractivity contribution in [1.82, 2.24) is 20.2 Å². The van der Waals surface area contributed by atoms with Crippen LogP contribution in [0.3, 0.4) is 0 Å². The Hall–Kier alpha value is -2.00. The first-order chi connectivity index (χ1) is 9.52.